The summed E-state index contributed by atoms with van der Waals surface area (Å²) in [5.74, 6) is -0.722. The summed E-state index contributed by atoms with van der Waals surface area (Å²) in [4.78, 5) is 24.2. The van der Waals surface area contributed by atoms with E-state index in [0.29, 0.717) is 0 Å². The first kappa shape index (κ1) is 17.2. The number of aryl methyl sites for hydroxylation is 1. The van der Waals surface area contributed by atoms with Gasteiger partial charge >= 0.3 is 0 Å². The van der Waals surface area contributed by atoms with E-state index in [4.69, 9.17) is 11.6 Å². The normalized spacial score (nSPS) is 10.9. The predicted molar refractivity (Wildman–Crippen MR) is 86.5 cm³/mol. The van der Waals surface area contributed by atoms with Crippen molar-refractivity contribution in [3.05, 3.63) is 60.6 Å². The van der Waals surface area contributed by atoms with Gasteiger partial charge in [0.1, 0.15) is 11.4 Å². The highest BCUT2D eigenvalue weighted by Crippen LogP contribution is 2.38. The number of benzene rings is 2. The molecule has 2 aromatic carbocycles. The Bertz CT molecular complexity index is 810. The van der Waals surface area contributed by atoms with Crippen molar-refractivity contribution in [3.8, 4) is 11.5 Å². The molecule has 0 fully saturated rings. The first-order valence-electron chi connectivity index (χ1n) is 6.39. The lowest BCUT2D eigenvalue weighted by Crippen LogP contribution is -1.93. The summed E-state index contributed by atoms with van der Waals surface area (Å²) in [6.07, 6.45) is 1.05. The van der Waals surface area contributed by atoms with Gasteiger partial charge in [-0.3, -0.25) is 25.2 Å². The summed E-state index contributed by atoms with van der Waals surface area (Å²) in [6, 6.07) is 4.22. The van der Waals surface area contributed by atoms with Crippen LogP contribution in [0.15, 0.2) is 29.3 Å². The number of nitro groups is 2. The fourth-order valence-electron chi connectivity index (χ4n) is 1.90. The van der Waals surface area contributed by atoms with Gasteiger partial charge in [-0.1, -0.05) is 11.6 Å². The van der Waals surface area contributed by atoms with Gasteiger partial charge in [0.15, 0.2) is 5.75 Å². The molecule has 0 saturated carbocycles. The molecule has 0 radical (unpaired) electrons. The fourth-order valence-corrected chi connectivity index (χ4v) is 2.11. The van der Waals surface area contributed by atoms with E-state index in [1.807, 2.05) is 0 Å². The summed E-state index contributed by atoms with van der Waals surface area (Å²) < 4.78 is 0. The lowest BCUT2D eigenvalue weighted by molar-refractivity contribution is -0.385. The highest BCUT2D eigenvalue weighted by Gasteiger charge is 2.16. The Balaban J connectivity index is 2.52. The maximum Gasteiger partial charge on any atom is 0.273 e. The molecule has 2 N–H and O–H groups in total. The number of nitro benzene ring substituents is 2. The Morgan fingerprint density at radius 1 is 1.04 bits per heavy atom. The van der Waals surface area contributed by atoms with Gasteiger partial charge in [0, 0.05) is 36.0 Å². The van der Waals surface area contributed by atoms with Gasteiger partial charge < -0.3 is 10.2 Å². The third-order valence-electron chi connectivity index (χ3n) is 3.11. The van der Waals surface area contributed by atoms with Gasteiger partial charge in [0.25, 0.3) is 11.4 Å². The number of hydrogen-bond acceptors (Lipinski definition) is 7. The molecule has 2 aromatic rings. The number of phenols is 2. The minimum atomic E-state index is -0.709. The van der Waals surface area contributed by atoms with E-state index in [0.717, 1.165) is 24.4 Å². The Hall–Kier alpha value is -3.20. The molecule has 24 heavy (non-hydrogen) atoms. The fraction of sp³-hybridized carbons (Fsp3) is 0.0714. The lowest BCUT2D eigenvalue weighted by atomic mass is 10.1. The number of hydrogen-bond donors (Lipinski definition) is 2. The maximum absolute atomic E-state index is 10.9. The van der Waals surface area contributed by atoms with E-state index in [2.05, 4.69) is 4.99 Å². The van der Waals surface area contributed by atoms with Crippen LogP contribution in [-0.4, -0.2) is 26.3 Å². The number of nitrogens with zero attached hydrogens (tertiary/aromatic N) is 3. The monoisotopic (exact) mass is 351 g/mol. The maximum atomic E-state index is 10.9. The Morgan fingerprint density at radius 2 is 1.62 bits per heavy atom. The number of phenolic OH excluding ortho intramolecular Hbond substituents is 2. The highest BCUT2D eigenvalue weighted by molar-refractivity contribution is 6.32. The second-order valence-corrected chi connectivity index (χ2v) is 5.18. The zero-order valence-corrected chi connectivity index (χ0v) is 12.9. The molecule has 2 rings (SSSR count). The van der Waals surface area contributed by atoms with Crippen molar-refractivity contribution in [1.82, 2.24) is 0 Å². The topological polar surface area (TPSA) is 139 Å². The minimum Gasteiger partial charge on any atom is -0.507 e. The van der Waals surface area contributed by atoms with Crippen molar-refractivity contribution in [2.45, 2.75) is 6.92 Å². The summed E-state index contributed by atoms with van der Waals surface area (Å²) in [6.45, 7) is 1.47. The summed E-state index contributed by atoms with van der Waals surface area (Å²) >= 11 is 5.70. The third-order valence-corrected chi connectivity index (χ3v) is 3.40. The van der Waals surface area contributed by atoms with Crippen LogP contribution in [-0.2, 0) is 0 Å². The lowest BCUT2D eigenvalue weighted by Gasteiger charge is -2.04. The Kier molecular flexibility index (Phi) is 4.65. The molecule has 0 aliphatic heterocycles. The molecular weight excluding hydrogens is 342 g/mol. The van der Waals surface area contributed by atoms with Gasteiger partial charge in [-0.25, -0.2) is 0 Å². The number of aromatic hydroxyl groups is 2. The van der Waals surface area contributed by atoms with Crippen molar-refractivity contribution in [2.75, 3.05) is 0 Å². The Labute approximate surface area is 139 Å². The van der Waals surface area contributed by atoms with Crippen LogP contribution in [0.5, 0.6) is 11.5 Å². The molecule has 0 unspecified atom stereocenters. The number of aliphatic imine (C=N–C) groups is 1. The largest absolute Gasteiger partial charge is 0.507 e. The van der Waals surface area contributed by atoms with Crippen LogP contribution in [0.4, 0.5) is 17.1 Å². The van der Waals surface area contributed by atoms with Crippen molar-refractivity contribution in [3.63, 3.8) is 0 Å². The molecular formula is C14H10ClN3O6. The van der Waals surface area contributed by atoms with Crippen LogP contribution in [0.25, 0.3) is 0 Å². The van der Waals surface area contributed by atoms with E-state index in [1.54, 1.807) is 0 Å². The first-order valence-corrected chi connectivity index (χ1v) is 6.77. The molecule has 0 atom stereocenters. The van der Waals surface area contributed by atoms with E-state index < -0.39 is 15.6 Å². The first-order chi connectivity index (χ1) is 11.2. The molecule has 0 aromatic heterocycles. The second-order valence-electron chi connectivity index (χ2n) is 4.77. The van der Waals surface area contributed by atoms with Crippen molar-refractivity contribution >= 4 is 34.9 Å². The minimum absolute atomic E-state index is 0.0173. The zero-order valence-electron chi connectivity index (χ0n) is 12.1. The summed E-state index contributed by atoms with van der Waals surface area (Å²) in [7, 11) is 0. The summed E-state index contributed by atoms with van der Waals surface area (Å²) in [5, 5.41) is 41.1. The number of rotatable bonds is 4. The zero-order chi connectivity index (χ0) is 18.0. The standard InChI is InChI=1S/C14H10ClN3O6/c1-7-2-9(17(21)22)3-8(13(7)19)6-16-12-5-10(18(23)24)4-11(15)14(12)20/h2-6,19-20H,1H3. The quantitative estimate of drug-likeness (QED) is 0.489. The van der Waals surface area contributed by atoms with E-state index in [9.17, 15) is 30.4 Å². The van der Waals surface area contributed by atoms with Crippen LogP contribution < -0.4 is 0 Å². The molecule has 0 spiro atoms. The molecule has 124 valence electrons. The molecule has 9 nitrogen and oxygen atoms in total. The van der Waals surface area contributed by atoms with Crippen molar-refractivity contribution in [2.24, 2.45) is 4.99 Å². The summed E-state index contributed by atoms with van der Waals surface area (Å²) in [5.41, 5.74) is -0.578. The average molecular weight is 352 g/mol. The smallest absolute Gasteiger partial charge is 0.273 e. The van der Waals surface area contributed by atoms with Gasteiger partial charge in [-0.05, 0) is 12.5 Å². The molecule has 0 amide bonds. The Morgan fingerprint density at radius 3 is 2.21 bits per heavy atom. The second kappa shape index (κ2) is 6.50. The predicted octanol–water partition coefficient (Wildman–Crippen LogP) is 3.63. The molecule has 0 aliphatic carbocycles. The van der Waals surface area contributed by atoms with Gasteiger partial charge in [-0.15, -0.1) is 0 Å². The number of halogens is 1. The van der Waals surface area contributed by atoms with Crippen molar-refractivity contribution < 1.29 is 20.1 Å². The molecule has 0 aliphatic rings. The van der Waals surface area contributed by atoms with Crippen molar-refractivity contribution in [1.29, 1.82) is 0 Å². The molecule has 0 heterocycles. The van der Waals surface area contributed by atoms with Gasteiger partial charge in [0.05, 0.1) is 14.9 Å². The molecule has 0 saturated heterocycles. The molecule has 0 bridgehead atoms. The van der Waals surface area contributed by atoms with E-state index >= 15 is 0 Å². The highest BCUT2D eigenvalue weighted by atomic mass is 35.5. The third kappa shape index (κ3) is 3.41. The van der Waals surface area contributed by atoms with Crippen LogP contribution in [0.2, 0.25) is 5.02 Å². The van der Waals surface area contributed by atoms with Gasteiger partial charge in [0.2, 0.25) is 0 Å². The van der Waals surface area contributed by atoms with Crippen LogP contribution in [0, 0.1) is 27.2 Å². The van der Waals surface area contributed by atoms with E-state index in [1.165, 1.54) is 13.0 Å². The molecule has 10 heteroatoms. The van der Waals surface area contributed by atoms with Crippen LogP contribution >= 0.6 is 11.6 Å². The van der Waals surface area contributed by atoms with Gasteiger partial charge in [-0.2, -0.15) is 0 Å². The van der Waals surface area contributed by atoms with E-state index in [-0.39, 0.29) is 39.0 Å². The average Bonchev–Trinajstić information content (AvgIpc) is 2.51. The number of non-ortho nitro benzene ring substituents is 2. The van der Waals surface area contributed by atoms with Crippen LogP contribution in [0.3, 0.4) is 0 Å². The van der Waals surface area contributed by atoms with Crippen LogP contribution in [0.1, 0.15) is 11.1 Å². The SMILES string of the molecule is Cc1cc([N+](=O)[O-])cc(C=Nc2cc([N+](=O)[O-])cc(Cl)c2O)c1O.